The maximum absolute atomic E-state index is 13.5. The third-order valence-corrected chi connectivity index (χ3v) is 18.2. The van der Waals surface area contributed by atoms with Crippen molar-refractivity contribution in [3.63, 3.8) is 0 Å². The Morgan fingerprint density at radius 3 is 1.46 bits per heavy atom. The minimum atomic E-state index is -3.08. The fraction of sp³-hybridized carbons (Fsp3) is 0.926. The van der Waals surface area contributed by atoms with Crippen molar-refractivity contribution in [2.24, 2.45) is 0 Å². The number of allylic oxidation sites excluding steroid dienone is 1. The van der Waals surface area contributed by atoms with Gasteiger partial charge in [-0.15, -0.1) is 0 Å². The molecule has 3 saturated heterocycles. The third kappa shape index (κ3) is 31.5. The van der Waals surface area contributed by atoms with E-state index in [1.165, 1.54) is 173 Å². The van der Waals surface area contributed by atoms with Crippen molar-refractivity contribution in [1.29, 1.82) is 0 Å². The quantitative estimate of drug-likeness (QED) is 0.0223. The maximum atomic E-state index is 13.5. The zero-order valence-corrected chi connectivity index (χ0v) is 55.7. The van der Waals surface area contributed by atoms with E-state index in [-0.39, 0.29) is 12.3 Å². The fourth-order valence-corrected chi connectivity index (χ4v) is 12.5. The summed E-state index contributed by atoms with van der Waals surface area (Å²) in [5.41, 5.74) is 0. The zero-order chi connectivity index (χ0) is 66.8. The number of carbonyl (C=O) groups is 3. The molecule has 0 aliphatic carbocycles. The predicted molar refractivity (Wildman–Crippen MR) is 343 cm³/mol. The second kappa shape index (κ2) is 49.1. The standard InChI is InChI=1S/C68H126N2O21/c1-4-6-8-10-12-14-16-18-20-22-23-24-26-27-29-31-33-35-37-39-41-50(75)49(70-55(78)42-40-38-36-34-32-30-28-25-21-19-17-15-13-11-9-7-5-2)47-86-65-60(82)59(81)62(54(46-73)88-65)89-66-61(83)64(58(80)53(45-72)87-66)91-68(67(84)85)43-51(76)56(69-48(3)74)63(90-68)57(79)52(77)44-71/h39,41,49-54,56-66,71-73,75-77,79-83H,4-38,40,42-47H2,1-3H3,(H,69,74)(H,70,78)(H,84,85)/b41-39+. The number of carboxylic acids is 1. The molecule has 0 spiro atoms. The first-order chi connectivity index (χ1) is 43.9. The van der Waals surface area contributed by atoms with Crippen LogP contribution in [0.2, 0.25) is 0 Å². The van der Waals surface area contributed by atoms with Gasteiger partial charge in [0.25, 0.3) is 5.79 Å². The molecule has 14 N–H and O–H groups in total. The normalized spacial score (nSPS) is 28.4. The molecule has 23 heteroatoms. The van der Waals surface area contributed by atoms with E-state index in [4.69, 9.17) is 28.4 Å². The van der Waals surface area contributed by atoms with Gasteiger partial charge in [-0.2, -0.15) is 0 Å². The molecule has 0 aromatic rings. The Morgan fingerprint density at radius 1 is 0.571 bits per heavy atom. The number of carboxylic acid groups (broad SMARTS) is 1. The van der Waals surface area contributed by atoms with Crippen molar-refractivity contribution < 1.29 is 104 Å². The number of nitrogens with one attached hydrogen (secondary N) is 2. The Balaban J connectivity index is 1.60. The van der Waals surface area contributed by atoms with E-state index in [0.29, 0.717) is 12.8 Å². The lowest BCUT2D eigenvalue weighted by Gasteiger charge is -2.50. The number of unbranched alkanes of at least 4 members (excludes halogenated alkanes) is 34. The van der Waals surface area contributed by atoms with Crippen molar-refractivity contribution in [1.82, 2.24) is 10.6 Å². The highest BCUT2D eigenvalue weighted by Crippen LogP contribution is 2.39. The first kappa shape index (κ1) is 82.7. The number of carbonyl (C=O) groups excluding carboxylic acids is 2. The van der Waals surface area contributed by atoms with Gasteiger partial charge in [-0.25, -0.2) is 4.79 Å². The SMILES string of the molecule is CCCCCCCCCCCCCCCCCCCC/C=C/C(O)C(COC1OC(CO)C(OC2OC(CO)C(O)C(OC3(C(=O)O)CC(O)C(NC(C)=O)C(C(O)C(O)CO)O3)C2O)C(O)C1O)NC(=O)CCCCCCCCCCCCCCCCCCC. The molecule has 534 valence electrons. The van der Waals surface area contributed by atoms with Gasteiger partial charge < -0.3 is 100 Å². The lowest BCUT2D eigenvalue weighted by molar-refractivity contribution is -0.386. The highest BCUT2D eigenvalue weighted by molar-refractivity contribution is 5.77. The van der Waals surface area contributed by atoms with Gasteiger partial charge in [-0.3, -0.25) is 9.59 Å². The van der Waals surface area contributed by atoms with Crippen LogP contribution in [-0.4, -0.2) is 215 Å². The Labute approximate surface area is 543 Å². The van der Waals surface area contributed by atoms with Crippen LogP contribution in [0.25, 0.3) is 0 Å². The molecule has 91 heavy (non-hydrogen) atoms. The highest BCUT2D eigenvalue weighted by atomic mass is 16.8. The summed E-state index contributed by atoms with van der Waals surface area (Å²) in [6, 6.07) is -2.61. The van der Waals surface area contributed by atoms with Crippen LogP contribution in [0.4, 0.5) is 0 Å². The second-order valence-corrected chi connectivity index (χ2v) is 26.1. The Morgan fingerprint density at radius 2 is 1.02 bits per heavy atom. The Hall–Kier alpha value is -2.53. The summed E-state index contributed by atoms with van der Waals surface area (Å²) in [5.74, 6) is -6.13. The van der Waals surface area contributed by atoms with Crippen molar-refractivity contribution in [2.45, 2.75) is 375 Å². The summed E-state index contributed by atoms with van der Waals surface area (Å²) >= 11 is 0. The molecule has 2 amide bonds. The number of aliphatic carboxylic acids is 1. The largest absolute Gasteiger partial charge is 0.477 e. The molecule has 3 aliphatic rings. The monoisotopic (exact) mass is 1310 g/mol. The topological polar surface area (TPSA) is 373 Å². The lowest BCUT2D eigenvalue weighted by Crippen LogP contribution is -2.70. The molecule has 18 unspecified atom stereocenters. The average Bonchev–Trinajstić information content (AvgIpc) is 0.791. The van der Waals surface area contributed by atoms with Gasteiger partial charge in [0.15, 0.2) is 12.6 Å². The average molecular weight is 1310 g/mol. The van der Waals surface area contributed by atoms with E-state index in [1.807, 2.05) is 6.08 Å². The summed E-state index contributed by atoms with van der Waals surface area (Å²) < 4.78 is 34.8. The van der Waals surface area contributed by atoms with Crippen LogP contribution in [0.3, 0.4) is 0 Å². The van der Waals surface area contributed by atoms with Gasteiger partial charge >= 0.3 is 5.97 Å². The van der Waals surface area contributed by atoms with Crippen LogP contribution in [-0.2, 0) is 42.8 Å². The van der Waals surface area contributed by atoms with Crippen LogP contribution in [0.5, 0.6) is 0 Å². The molecule has 3 fully saturated rings. The maximum Gasteiger partial charge on any atom is 0.364 e. The van der Waals surface area contributed by atoms with Gasteiger partial charge in [0, 0.05) is 19.8 Å². The van der Waals surface area contributed by atoms with E-state index < -0.39 is 155 Å². The minimum absolute atomic E-state index is 0.205. The van der Waals surface area contributed by atoms with Gasteiger partial charge in [0.1, 0.15) is 67.1 Å². The molecule has 0 bridgehead atoms. The number of rotatable bonds is 54. The van der Waals surface area contributed by atoms with Gasteiger partial charge in [-0.1, -0.05) is 238 Å². The molecular formula is C68H126N2O21. The van der Waals surface area contributed by atoms with Crippen LogP contribution in [0.1, 0.15) is 265 Å². The van der Waals surface area contributed by atoms with Gasteiger partial charge in [-0.05, 0) is 19.3 Å². The van der Waals surface area contributed by atoms with Crippen molar-refractivity contribution >= 4 is 17.8 Å². The van der Waals surface area contributed by atoms with E-state index in [1.54, 1.807) is 6.08 Å². The summed E-state index contributed by atoms with van der Waals surface area (Å²) in [5, 5.41) is 136. The Bertz CT molecular complexity index is 1890. The van der Waals surface area contributed by atoms with E-state index in [2.05, 4.69) is 24.5 Å². The molecule has 3 heterocycles. The van der Waals surface area contributed by atoms with Crippen LogP contribution in [0, 0.1) is 0 Å². The molecule has 18 atom stereocenters. The van der Waals surface area contributed by atoms with Crippen molar-refractivity contribution in [3.8, 4) is 0 Å². The smallest absolute Gasteiger partial charge is 0.364 e. The zero-order valence-electron chi connectivity index (χ0n) is 55.7. The molecule has 3 aliphatic heterocycles. The van der Waals surface area contributed by atoms with Crippen LogP contribution >= 0.6 is 0 Å². The number of amides is 2. The number of hydrogen-bond donors (Lipinski definition) is 14. The first-order valence-corrected chi connectivity index (χ1v) is 35.6. The van der Waals surface area contributed by atoms with E-state index in [0.717, 1.165) is 51.9 Å². The van der Waals surface area contributed by atoms with E-state index in [9.17, 15) is 75.7 Å². The molecule has 3 rings (SSSR count). The lowest BCUT2D eigenvalue weighted by atomic mass is 9.88. The first-order valence-electron chi connectivity index (χ1n) is 35.6. The second-order valence-electron chi connectivity index (χ2n) is 26.1. The van der Waals surface area contributed by atoms with E-state index >= 15 is 0 Å². The predicted octanol–water partition coefficient (Wildman–Crippen LogP) is 6.68. The minimum Gasteiger partial charge on any atom is -0.477 e. The highest BCUT2D eigenvalue weighted by Gasteiger charge is 2.60. The van der Waals surface area contributed by atoms with Gasteiger partial charge in [0.2, 0.25) is 11.8 Å². The van der Waals surface area contributed by atoms with Crippen molar-refractivity contribution in [2.75, 3.05) is 26.4 Å². The molecule has 0 aromatic heterocycles. The fourth-order valence-electron chi connectivity index (χ4n) is 12.5. The number of aliphatic hydroxyl groups is 11. The molecule has 0 radical (unpaired) electrons. The summed E-state index contributed by atoms with van der Waals surface area (Å²) in [7, 11) is 0. The number of ether oxygens (including phenoxy) is 6. The van der Waals surface area contributed by atoms with Crippen LogP contribution < -0.4 is 10.6 Å². The molecular weight excluding hydrogens is 1180 g/mol. The summed E-state index contributed by atoms with van der Waals surface area (Å²) in [6.07, 6.45) is 18.2. The number of hydrogen-bond acceptors (Lipinski definition) is 20. The summed E-state index contributed by atoms with van der Waals surface area (Å²) in [4.78, 5) is 38.5. The molecule has 0 aromatic carbocycles. The Kier molecular flexibility index (Phi) is 44.6. The van der Waals surface area contributed by atoms with Crippen LogP contribution in [0.15, 0.2) is 12.2 Å². The summed E-state index contributed by atoms with van der Waals surface area (Å²) in [6.45, 7) is 2.16. The van der Waals surface area contributed by atoms with Gasteiger partial charge in [0.05, 0.1) is 50.7 Å². The molecule has 0 saturated carbocycles. The number of aliphatic hydroxyl groups excluding tert-OH is 11. The van der Waals surface area contributed by atoms with Crippen molar-refractivity contribution in [3.05, 3.63) is 12.2 Å². The molecule has 23 nitrogen and oxygen atoms in total. The third-order valence-electron chi connectivity index (χ3n) is 18.2.